The molecule has 0 N–H and O–H groups in total. The summed E-state index contributed by atoms with van der Waals surface area (Å²) in [5.74, 6) is -2.74. The van der Waals surface area contributed by atoms with Gasteiger partial charge >= 0.3 is 5.97 Å². The Labute approximate surface area is 85.8 Å². The summed E-state index contributed by atoms with van der Waals surface area (Å²) in [4.78, 5) is 32.8. The fraction of sp³-hybridized carbons (Fsp3) is 0.375. The summed E-state index contributed by atoms with van der Waals surface area (Å²) in [5.41, 5.74) is 0. The van der Waals surface area contributed by atoms with Crippen LogP contribution >= 0.6 is 0 Å². The van der Waals surface area contributed by atoms with Gasteiger partial charge in [0.25, 0.3) is 0 Å². The van der Waals surface area contributed by atoms with Gasteiger partial charge in [-0.15, -0.1) is 0 Å². The van der Waals surface area contributed by atoms with Crippen LogP contribution in [0, 0.1) is 5.92 Å². The molecule has 1 atom stereocenters. The van der Waals surface area contributed by atoms with Crippen molar-refractivity contribution in [3.05, 3.63) is 11.8 Å². The van der Waals surface area contributed by atoms with Gasteiger partial charge in [0.2, 0.25) is 0 Å². The average molecular weight is 232 g/mol. The minimum absolute atomic E-state index is 0. The molecule has 0 saturated heterocycles. The summed E-state index contributed by atoms with van der Waals surface area (Å²) >= 11 is 0. The molecule has 1 heterocycles. The molecule has 0 amide bonds. The van der Waals surface area contributed by atoms with Crippen LogP contribution in [0.2, 0.25) is 0 Å². The van der Waals surface area contributed by atoms with Crippen molar-refractivity contribution in [1.82, 2.24) is 0 Å². The quantitative estimate of drug-likeness (QED) is 0.368. The fourth-order valence-corrected chi connectivity index (χ4v) is 1.01. The van der Waals surface area contributed by atoms with Crippen LogP contribution in [-0.4, -0.2) is 17.5 Å². The molecule has 1 rings (SSSR count). The van der Waals surface area contributed by atoms with E-state index < -0.39 is 23.5 Å². The van der Waals surface area contributed by atoms with Crippen LogP contribution < -0.4 is 0 Å². The second kappa shape index (κ2) is 4.35. The summed E-state index contributed by atoms with van der Waals surface area (Å²) in [7, 11) is 0. The third kappa shape index (κ3) is 2.50. The first kappa shape index (κ1) is 12.1. The number of carbonyl (C=O) groups is 3. The van der Waals surface area contributed by atoms with Crippen molar-refractivity contribution in [1.29, 1.82) is 0 Å². The van der Waals surface area contributed by atoms with E-state index in [1.54, 1.807) is 0 Å². The average Bonchev–Trinajstić information content (AvgIpc) is 1.82. The SMILES string of the molecule is CC(=O)C1C(=O)C=C(C)OC1=O.[Cu]. The Hall–Kier alpha value is -0.931. The number of hydrogen-bond donors (Lipinski definition) is 0. The Balaban J connectivity index is 0.00000144. The number of hydrogen-bond acceptors (Lipinski definition) is 4. The molecule has 0 saturated carbocycles. The number of ether oxygens (including phenoxy) is 1. The minimum atomic E-state index is -1.24. The van der Waals surface area contributed by atoms with Crippen LogP contribution in [0.15, 0.2) is 11.8 Å². The molecule has 1 radical (unpaired) electrons. The second-order valence-electron chi connectivity index (χ2n) is 2.62. The van der Waals surface area contributed by atoms with Crippen molar-refractivity contribution < 1.29 is 36.2 Å². The first-order chi connectivity index (χ1) is 5.52. The van der Waals surface area contributed by atoms with Crippen molar-refractivity contribution in [2.75, 3.05) is 0 Å². The molecule has 1 aliphatic heterocycles. The van der Waals surface area contributed by atoms with E-state index in [-0.39, 0.29) is 22.8 Å². The van der Waals surface area contributed by atoms with Crippen molar-refractivity contribution in [2.24, 2.45) is 5.92 Å². The van der Waals surface area contributed by atoms with E-state index in [0.29, 0.717) is 0 Å². The number of Topliss-reactive ketones (excluding diaryl/α,β-unsaturated/α-hetero) is 1. The molecule has 0 bridgehead atoms. The first-order valence-corrected chi connectivity index (χ1v) is 3.46. The molecule has 5 heteroatoms. The number of rotatable bonds is 1. The van der Waals surface area contributed by atoms with Gasteiger partial charge in [0.05, 0.1) is 0 Å². The summed E-state index contributed by atoms with van der Waals surface area (Å²) in [6.45, 7) is 2.68. The van der Waals surface area contributed by atoms with E-state index in [9.17, 15) is 14.4 Å². The largest absolute Gasteiger partial charge is 0.430 e. The van der Waals surface area contributed by atoms with Gasteiger partial charge in [-0.3, -0.25) is 14.4 Å². The summed E-state index contributed by atoms with van der Waals surface area (Å²) in [6, 6.07) is 0. The van der Waals surface area contributed by atoms with E-state index in [4.69, 9.17) is 0 Å². The van der Waals surface area contributed by atoms with Crippen LogP contribution in [0.25, 0.3) is 0 Å². The third-order valence-electron chi connectivity index (χ3n) is 1.53. The van der Waals surface area contributed by atoms with Gasteiger partial charge in [0, 0.05) is 23.1 Å². The molecule has 75 valence electrons. The summed E-state index contributed by atoms with van der Waals surface area (Å²) < 4.78 is 4.61. The van der Waals surface area contributed by atoms with Gasteiger partial charge in [-0.2, -0.15) is 0 Å². The van der Waals surface area contributed by atoms with Crippen molar-refractivity contribution in [2.45, 2.75) is 13.8 Å². The maximum atomic E-state index is 11.1. The van der Waals surface area contributed by atoms with Crippen LogP contribution in [0.1, 0.15) is 13.8 Å². The molecule has 0 aliphatic carbocycles. The topological polar surface area (TPSA) is 60.4 Å². The molecule has 0 spiro atoms. The van der Waals surface area contributed by atoms with Gasteiger partial charge in [0.15, 0.2) is 17.5 Å². The molecule has 1 aliphatic rings. The zero-order valence-electron chi connectivity index (χ0n) is 7.09. The van der Waals surface area contributed by atoms with Crippen LogP contribution in [0.5, 0.6) is 0 Å². The molecule has 0 aromatic heterocycles. The van der Waals surface area contributed by atoms with E-state index in [1.165, 1.54) is 13.8 Å². The third-order valence-corrected chi connectivity index (χ3v) is 1.53. The van der Waals surface area contributed by atoms with Crippen LogP contribution in [0.4, 0.5) is 0 Å². The van der Waals surface area contributed by atoms with Gasteiger partial charge in [-0.25, -0.2) is 0 Å². The van der Waals surface area contributed by atoms with E-state index in [2.05, 4.69) is 4.74 Å². The van der Waals surface area contributed by atoms with Crippen LogP contribution in [0.3, 0.4) is 0 Å². The predicted octanol–water partition coefficient (Wildman–Crippen LogP) is 0.219. The van der Waals surface area contributed by atoms with Gasteiger partial charge in [-0.1, -0.05) is 0 Å². The zero-order chi connectivity index (χ0) is 9.30. The molecule has 0 aromatic carbocycles. The van der Waals surface area contributed by atoms with E-state index in [1.807, 2.05) is 0 Å². The smallest absolute Gasteiger partial charge is 0.329 e. The normalized spacial score (nSPS) is 21.4. The minimum Gasteiger partial charge on any atom is -0.430 e. The number of allylic oxidation sites excluding steroid dienone is 2. The maximum Gasteiger partial charge on any atom is 0.329 e. The Kier molecular flexibility index (Phi) is 4.04. The molecule has 4 nitrogen and oxygen atoms in total. The standard InChI is InChI=1S/C8H8O4.Cu/c1-4-3-6(10)7(5(2)9)8(11)12-4;/h3,7H,1-2H3;. The molecule has 13 heavy (non-hydrogen) atoms. The number of carbonyl (C=O) groups excluding carboxylic acids is 3. The summed E-state index contributed by atoms with van der Waals surface area (Å²) in [6.07, 6.45) is 1.16. The van der Waals surface area contributed by atoms with Crippen LogP contribution in [-0.2, 0) is 36.2 Å². The predicted molar refractivity (Wildman–Crippen MR) is 39.0 cm³/mol. The second-order valence-corrected chi connectivity index (χ2v) is 2.62. The Morgan fingerprint density at radius 1 is 1.46 bits per heavy atom. The maximum absolute atomic E-state index is 11.1. The molecule has 1 unspecified atom stereocenters. The van der Waals surface area contributed by atoms with Gasteiger partial charge in [0.1, 0.15) is 5.76 Å². The van der Waals surface area contributed by atoms with E-state index in [0.717, 1.165) is 6.08 Å². The Bertz CT molecular complexity index is 293. The Morgan fingerprint density at radius 2 is 2.00 bits per heavy atom. The fourth-order valence-electron chi connectivity index (χ4n) is 1.01. The molecular weight excluding hydrogens is 224 g/mol. The summed E-state index contributed by atoms with van der Waals surface area (Å²) in [5, 5.41) is 0. The van der Waals surface area contributed by atoms with E-state index >= 15 is 0 Å². The molecule has 0 aromatic rings. The van der Waals surface area contributed by atoms with Crippen molar-refractivity contribution in [3.63, 3.8) is 0 Å². The number of esters is 1. The van der Waals surface area contributed by atoms with Crippen molar-refractivity contribution >= 4 is 17.5 Å². The van der Waals surface area contributed by atoms with Gasteiger partial charge < -0.3 is 4.74 Å². The molecular formula is C8H8CuO4. The van der Waals surface area contributed by atoms with Crippen molar-refractivity contribution in [3.8, 4) is 0 Å². The van der Waals surface area contributed by atoms with Gasteiger partial charge in [-0.05, 0) is 13.8 Å². The number of cyclic esters (lactones) is 1. The molecule has 0 fully saturated rings. The zero-order valence-corrected chi connectivity index (χ0v) is 8.03. The monoisotopic (exact) mass is 231 g/mol. The number of ketones is 2. The Morgan fingerprint density at radius 3 is 2.38 bits per heavy atom. The first-order valence-electron chi connectivity index (χ1n) is 3.46.